The van der Waals surface area contributed by atoms with Gasteiger partial charge in [0.1, 0.15) is 12.4 Å². The van der Waals surface area contributed by atoms with E-state index in [0.717, 1.165) is 0 Å². The third-order valence-corrected chi connectivity index (χ3v) is 2.34. The number of benzene rings is 1. The fraction of sp³-hybridized carbons (Fsp3) is 0.182. The van der Waals surface area contributed by atoms with E-state index in [1.807, 2.05) is 0 Å². The van der Waals surface area contributed by atoms with E-state index >= 15 is 0 Å². The first-order chi connectivity index (χ1) is 7.61. The molecule has 1 N–H and O–H groups in total. The fourth-order valence-electron chi connectivity index (χ4n) is 1.10. The summed E-state index contributed by atoms with van der Waals surface area (Å²) < 4.78 is 5.30. The molecule has 0 heterocycles. The molecular formula is C11H10Cl2O3. The van der Waals surface area contributed by atoms with Crippen LogP contribution in [0.2, 0.25) is 0 Å². The summed E-state index contributed by atoms with van der Waals surface area (Å²) in [5, 5.41) is 9.01. The van der Waals surface area contributed by atoms with Gasteiger partial charge in [-0.2, -0.15) is 0 Å². The molecule has 0 unspecified atom stereocenters. The van der Waals surface area contributed by atoms with E-state index in [-0.39, 0.29) is 13.0 Å². The predicted molar refractivity (Wildman–Crippen MR) is 63.1 cm³/mol. The largest absolute Gasteiger partial charge is 0.488 e. The Labute approximate surface area is 103 Å². The van der Waals surface area contributed by atoms with Crippen molar-refractivity contribution >= 4 is 29.2 Å². The van der Waals surface area contributed by atoms with Crippen molar-refractivity contribution in [2.24, 2.45) is 0 Å². The number of carboxylic acids is 1. The third kappa shape index (κ3) is 4.55. The van der Waals surface area contributed by atoms with Crippen molar-refractivity contribution in [2.45, 2.75) is 6.42 Å². The molecule has 0 amide bonds. The first kappa shape index (κ1) is 12.9. The van der Waals surface area contributed by atoms with E-state index < -0.39 is 5.97 Å². The van der Waals surface area contributed by atoms with Gasteiger partial charge in [-0.15, -0.1) is 0 Å². The first-order valence-corrected chi connectivity index (χ1v) is 5.31. The van der Waals surface area contributed by atoms with E-state index in [9.17, 15) is 4.79 Å². The number of halogens is 2. The highest BCUT2D eigenvalue weighted by molar-refractivity contribution is 6.36. The summed E-state index contributed by atoms with van der Waals surface area (Å²) in [6.45, 7) is 0.168. The zero-order valence-electron chi connectivity index (χ0n) is 8.32. The minimum Gasteiger partial charge on any atom is -0.488 e. The quantitative estimate of drug-likeness (QED) is 0.886. The molecule has 0 aliphatic rings. The molecule has 0 fully saturated rings. The van der Waals surface area contributed by atoms with Crippen LogP contribution in [0.3, 0.4) is 0 Å². The van der Waals surface area contributed by atoms with Crippen LogP contribution in [-0.4, -0.2) is 17.7 Å². The van der Waals surface area contributed by atoms with Crippen molar-refractivity contribution in [3.63, 3.8) is 0 Å². The summed E-state index contributed by atoms with van der Waals surface area (Å²) >= 11 is 11.0. The molecule has 0 atom stereocenters. The van der Waals surface area contributed by atoms with Crippen LogP contribution in [0.4, 0.5) is 0 Å². The fourth-order valence-corrected chi connectivity index (χ4v) is 1.22. The predicted octanol–water partition coefficient (Wildman–Crippen LogP) is 3.01. The minimum atomic E-state index is -0.879. The standard InChI is InChI=1S/C11H10Cl2O3/c12-6-9(13)7-16-10-3-1-2-8(4-10)5-11(14)15/h1-4,6H,5,7H2,(H,14,15). The summed E-state index contributed by atoms with van der Waals surface area (Å²) in [5.74, 6) is -0.314. The second-order valence-electron chi connectivity index (χ2n) is 3.06. The molecule has 0 radical (unpaired) electrons. The number of ether oxygens (including phenoxy) is 1. The zero-order chi connectivity index (χ0) is 12.0. The van der Waals surface area contributed by atoms with Gasteiger partial charge in [-0.05, 0) is 17.7 Å². The normalized spacial score (nSPS) is 11.2. The second kappa shape index (κ2) is 6.40. The third-order valence-electron chi connectivity index (χ3n) is 1.75. The second-order valence-corrected chi connectivity index (χ2v) is 3.77. The molecule has 0 saturated heterocycles. The summed E-state index contributed by atoms with van der Waals surface area (Å²) in [6.07, 6.45) is -0.0315. The Morgan fingerprint density at radius 2 is 2.25 bits per heavy atom. The monoisotopic (exact) mass is 260 g/mol. The van der Waals surface area contributed by atoms with Crippen molar-refractivity contribution in [2.75, 3.05) is 6.61 Å². The Morgan fingerprint density at radius 1 is 1.50 bits per heavy atom. The van der Waals surface area contributed by atoms with Gasteiger partial charge in [0.2, 0.25) is 0 Å². The van der Waals surface area contributed by atoms with Gasteiger partial charge >= 0.3 is 5.97 Å². The van der Waals surface area contributed by atoms with E-state index in [1.165, 1.54) is 5.54 Å². The lowest BCUT2D eigenvalue weighted by Gasteiger charge is -2.06. The lowest BCUT2D eigenvalue weighted by atomic mass is 10.1. The average molecular weight is 261 g/mol. The van der Waals surface area contributed by atoms with Gasteiger partial charge in [-0.25, -0.2) is 0 Å². The Bertz CT molecular complexity index is 402. The molecule has 0 bridgehead atoms. The van der Waals surface area contributed by atoms with Crippen LogP contribution < -0.4 is 4.74 Å². The zero-order valence-corrected chi connectivity index (χ0v) is 9.83. The van der Waals surface area contributed by atoms with Crippen LogP contribution in [0.1, 0.15) is 5.56 Å². The van der Waals surface area contributed by atoms with Gasteiger partial charge < -0.3 is 9.84 Å². The van der Waals surface area contributed by atoms with Gasteiger partial charge in [-0.3, -0.25) is 4.79 Å². The Balaban J connectivity index is 2.63. The molecule has 3 nitrogen and oxygen atoms in total. The van der Waals surface area contributed by atoms with Crippen LogP contribution in [0.15, 0.2) is 34.8 Å². The Morgan fingerprint density at radius 3 is 2.88 bits per heavy atom. The molecule has 1 aromatic carbocycles. The number of hydrogen-bond acceptors (Lipinski definition) is 2. The number of rotatable bonds is 5. The van der Waals surface area contributed by atoms with Gasteiger partial charge in [0.15, 0.2) is 0 Å². The van der Waals surface area contributed by atoms with Crippen LogP contribution in [0.25, 0.3) is 0 Å². The van der Waals surface area contributed by atoms with Crippen molar-refractivity contribution in [3.8, 4) is 5.75 Å². The van der Waals surface area contributed by atoms with Crippen LogP contribution >= 0.6 is 23.2 Å². The molecule has 0 saturated carbocycles. The lowest BCUT2D eigenvalue weighted by Crippen LogP contribution is -2.01. The summed E-state index contributed by atoms with van der Waals surface area (Å²) in [7, 11) is 0. The van der Waals surface area contributed by atoms with Crippen LogP contribution in [-0.2, 0) is 11.2 Å². The number of carboxylic acid groups (broad SMARTS) is 1. The molecule has 86 valence electrons. The average Bonchev–Trinajstić information content (AvgIpc) is 2.25. The molecule has 1 rings (SSSR count). The molecular weight excluding hydrogens is 251 g/mol. The maximum Gasteiger partial charge on any atom is 0.307 e. The highest BCUT2D eigenvalue weighted by Crippen LogP contribution is 2.15. The molecule has 5 heteroatoms. The van der Waals surface area contributed by atoms with Crippen molar-refractivity contribution < 1.29 is 14.6 Å². The summed E-state index contributed by atoms with van der Waals surface area (Å²) in [5.41, 5.74) is 1.90. The topological polar surface area (TPSA) is 46.5 Å². The maximum absolute atomic E-state index is 10.5. The van der Waals surface area contributed by atoms with Crippen molar-refractivity contribution in [1.29, 1.82) is 0 Å². The molecule has 1 aromatic rings. The first-order valence-electron chi connectivity index (χ1n) is 4.50. The van der Waals surface area contributed by atoms with Gasteiger partial charge in [0.05, 0.1) is 11.5 Å². The number of aliphatic carboxylic acids is 1. The Kier molecular flexibility index (Phi) is 5.15. The number of hydrogen-bond donors (Lipinski definition) is 1. The highest BCUT2D eigenvalue weighted by Gasteiger charge is 2.02. The molecule has 0 aliphatic carbocycles. The van der Waals surface area contributed by atoms with E-state index in [0.29, 0.717) is 16.3 Å². The molecule has 0 aliphatic heterocycles. The van der Waals surface area contributed by atoms with E-state index in [1.54, 1.807) is 24.3 Å². The van der Waals surface area contributed by atoms with Gasteiger partial charge in [-0.1, -0.05) is 35.3 Å². The minimum absolute atomic E-state index is 0.0315. The lowest BCUT2D eigenvalue weighted by molar-refractivity contribution is -0.136. The summed E-state index contributed by atoms with van der Waals surface area (Å²) in [6, 6.07) is 6.84. The van der Waals surface area contributed by atoms with Gasteiger partial charge in [0.25, 0.3) is 0 Å². The van der Waals surface area contributed by atoms with Crippen LogP contribution in [0, 0.1) is 0 Å². The summed E-state index contributed by atoms with van der Waals surface area (Å²) in [4.78, 5) is 10.5. The smallest absolute Gasteiger partial charge is 0.307 e. The highest BCUT2D eigenvalue weighted by atomic mass is 35.5. The molecule has 0 aromatic heterocycles. The molecule has 16 heavy (non-hydrogen) atoms. The van der Waals surface area contributed by atoms with Crippen LogP contribution in [0.5, 0.6) is 5.75 Å². The number of carbonyl (C=O) groups is 1. The van der Waals surface area contributed by atoms with Crippen molar-refractivity contribution in [3.05, 3.63) is 40.4 Å². The van der Waals surface area contributed by atoms with Gasteiger partial charge in [0, 0.05) is 5.54 Å². The molecule has 0 spiro atoms. The SMILES string of the molecule is O=C(O)Cc1cccc(OCC(Cl)=CCl)c1. The van der Waals surface area contributed by atoms with E-state index in [4.69, 9.17) is 33.0 Å². The van der Waals surface area contributed by atoms with Crippen molar-refractivity contribution in [1.82, 2.24) is 0 Å². The van der Waals surface area contributed by atoms with E-state index in [2.05, 4.69) is 0 Å². The Hall–Kier alpha value is -1.19. The maximum atomic E-state index is 10.5.